The lowest BCUT2D eigenvalue weighted by molar-refractivity contribution is -0.481. The fourth-order valence-electron chi connectivity index (χ4n) is 2.80. The molecule has 0 amide bonds. The van der Waals surface area contributed by atoms with Crippen LogP contribution in [-0.4, -0.2) is 23.9 Å². The van der Waals surface area contributed by atoms with Gasteiger partial charge in [-0.1, -0.05) is 60.7 Å². The summed E-state index contributed by atoms with van der Waals surface area (Å²) in [4.78, 5) is 23.1. The summed E-state index contributed by atoms with van der Waals surface area (Å²) in [5.41, 5.74) is 1.89. The molecule has 0 aromatic heterocycles. The fraction of sp³-hybridized carbons (Fsp3) is 0.167. The summed E-state index contributed by atoms with van der Waals surface area (Å²) in [6.07, 6.45) is 0. The number of nitro groups is 1. The fourth-order valence-corrected chi connectivity index (χ4v) is 2.80. The predicted octanol–water partition coefficient (Wildman–Crippen LogP) is 3.06. The summed E-state index contributed by atoms with van der Waals surface area (Å²) in [6.45, 7) is -0.411. The van der Waals surface area contributed by atoms with Crippen molar-refractivity contribution in [1.82, 2.24) is 0 Å². The van der Waals surface area contributed by atoms with Crippen molar-refractivity contribution in [3.63, 3.8) is 0 Å². The molecule has 0 fully saturated rings. The van der Waals surface area contributed by atoms with Crippen LogP contribution in [0.15, 0.2) is 66.2 Å². The molecular formula is C18H15NO4. The molecule has 0 aliphatic carbocycles. The van der Waals surface area contributed by atoms with E-state index in [1.165, 1.54) is 0 Å². The number of nitrogens with zero attached hydrogens (tertiary/aromatic N) is 1. The van der Waals surface area contributed by atoms with Gasteiger partial charge in [0.15, 0.2) is 6.61 Å². The van der Waals surface area contributed by atoms with E-state index in [1.54, 1.807) is 12.1 Å². The zero-order chi connectivity index (χ0) is 16.2. The number of ether oxygens (including phenoxy) is 1. The van der Waals surface area contributed by atoms with Gasteiger partial charge in [0.2, 0.25) is 12.3 Å². The molecule has 2 aromatic carbocycles. The Labute approximate surface area is 133 Å². The third kappa shape index (κ3) is 3.13. The first-order valence-corrected chi connectivity index (χ1v) is 7.29. The van der Waals surface area contributed by atoms with E-state index in [9.17, 15) is 14.9 Å². The maximum Gasteiger partial charge on any atom is 0.214 e. The van der Waals surface area contributed by atoms with Gasteiger partial charge in [-0.15, -0.1) is 0 Å². The SMILES string of the molecule is O=C1COC(c2ccccc2)=C1[C@H](C[N+](=O)[O-])c1ccccc1. The number of benzene rings is 2. The summed E-state index contributed by atoms with van der Waals surface area (Å²) >= 11 is 0. The molecule has 2 aromatic rings. The van der Waals surface area contributed by atoms with E-state index in [1.807, 2.05) is 48.5 Å². The van der Waals surface area contributed by atoms with E-state index < -0.39 is 10.8 Å². The molecule has 0 unspecified atom stereocenters. The molecule has 1 aliphatic heterocycles. The highest BCUT2D eigenvalue weighted by Gasteiger charge is 2.35. The minimum atomic E-state index is -0.614. The molecule has 0 saturated heterocycles. The maximum atomic E-state index is 12.3. The van der Waals surface area contributed by atoms with Gasteiger partial charge < -0.3 is 4.74 Å². The predicted molar refractivity (Wildman–Crippen MR) is 85.4 cm³/mol. The van der Waals surface area contributed by atoms with Gasteiger partial charge in [0.25, 0.3) is 0 Å². The molecule has 0 saturated carbocycles. The zero-order valence-electron chi connectivity index (χ0n) is 12.3. The van der Waals surface area contributed by atoms with Gasteiger partial charge in [0.05, 0.1) is 11.5 Å². The largest absolute Gasteiger partial charge is 0.484 e. The summed E-state index contributed by atoms with van der Waals surface area (Å²) in [7, 11) is 0. The minimum Gasteiger partial charge on any atom is -0.484 e. The first kappa shape index (κ1) is 15.0. The van der Waals surface area contributed by atoms with Crippen molar-refractivity contribution in [2.75, 3.05) is 13.2 Å². The smallest absolute Gasteiger partial charge is 0.214 e. The maximum absolute atomic E-state index is 12.3. The highest BCUT2D eigenvalue weighted by Crippen LogP contribution is 2.36. The monoisotopic (exact) mass is 309 g/mol. The molecule has 3 rings (SSSR count). The van der Waals surface area contributed by atoms with Crippen LogP contribution < -0.4 is 0 Å². The molecule has 23 heavy (non-hydrogen) atoms. The number of Topliss-reactive ketones (excluding diaryl/α,β-unsaturated/α-hetero) is 1. The van der Waals surface area contributed by atoms with Crippen LogP contribution >= 0.6 is 0 Å². The summed E-state index contributed by atoms with van der Waals surface area (Å²) in [5, 5.41) is 11.1. The molecule has 5 nitrogen and oxygen atoms in total. The normalized spacial score (nSPS) is 15.4. The van der Waals surface area contributed by atoms with Gasteiger partial charge in [-0.25, -0.2) is 0 Å². The second-order valence-electron chi connectivity index (χ2n) is 5.30. The first-order chi connectivity index (χ1) is 11.2. The number of hydrogen-bond donors (Lipinski definition) is 0. The Morgan fingerprint density at radius 3 is 2.26 bits per heavy atom. The van der Waals surface area contributed by atoms with Crippen LogP contribution in [-0.2, 0) is 9.53 Å². The molecule has 116 valence electrons. The average molecular weight is 309 g/mol. The van der Waals surface area contributed by atoms with Crippen molar-refractivity contribution in [2.24, 2.45) is 0 Å². The van der Waals surface area contributed by atoms with E-state index in [0.717, 1.165) is 11.1 Å². The topological polar surface area (TPSA) is 69.4 Å². The second kappa shape index (κ2) is 6.44. The molecule has 0 N–H and O–H groups in total. The average Bonchev–Trinajstić information content (AvgIpc) is 2.95. The molecule has 1 heterocycles. The van der Waals surface area contributed by atoms with Crippen LogP contribution in [0, 0.1) is 10.1 Å². The highest BCUT2D eigenvalue weighted by atomic mass is 16.6. The van der Waals surface area contributed by atoms with Crippen molar-refractivity contribution in [2.45, 2.75) is 5.92 Å². The molecule has 1 aliphatic rings. The molecule has 0 bridgehead atoms. The molecular weight excluding hydrogens is 294 g/mol. The zero-order valence-corrected chi connectivity index (χ0v) is 12.3. The minimum absolute atomic E-state index is 0.0688. The molecule has 1 atom stereocenters. The van der Waals surface area contributed by atoms with Crippen molar-refractivity contribution in [3.05, 3.63) is 87.5 Å². The molecule has 5 heteroatoms. The summed E-state index contributed by atoms with van der Waals surface area (Å²) < 4.78 is 5.56. The van der Waals surface area contributed by atoms with Gasteiger partial charge in [-0.05, 0) is 5.56 Å². The number of carbonyl (C=O) groups excluding carboxylic acids is 1. The lowest BCUT2D eigenvalue weighted by Gasteiger charge is -2.15. The standard InChI is InChI=1S/C18H15NO4/c20-16-12-23-18(14-9-5-2-6-10-14)17(16)15(11-19(21)22)13-7-3-1-4-8-13/h1-10,15H,11-12H2/t15-/m1/s1. The Morgan fingerprint density at radius 2 is 1.65 bits per heavy atom. The van der Waals surface area contributed by atoms with E-state index >= 15 is 0 Å². The second-order valence-corrected chi connectivity index (χ2v) is 5.30. The third-order valence-electron chi connectivity index (χ3n) is 3.81. The van der Waals surface area contributed by atoms with Crippen LogP contribution in [0.1, 0.15) is 17.0 Å². The lowest BCUT2D eigenvalue weighted by atomic mass is 9.87. The Balaban J connectivity index is 2.12. The lowest BCUT2D eigenvalue weighted by Crippen LogP contribution is -2.19. The summed E-state index contributed by atoms with van der Waals surface area (Å²) in [5.74, 6) is -0.359. The van der Waals surface area contributed by atoms with Crippen LogP contribution in [0.5, 0.6) is 0 Å². The van der Waals surface area contributed by atoms with Crippen molar-refractivity contribution < 1.29 is 14.5 Å². The van der Waals surface area contributed by atoms with E-state index in [4.69, 9.17) is 4.74 Å². The van der Waals surface area contributed by atoms with Gasteiger partial charge >= 0.3 is 0 Å². The van der Waals surface area contributed by atoms with Crippen LogP contribution in [0.4, 0.5) is 0 Å². The third-order valence-corrected chi connectivity index (χ3v) is 3.81. The van der Waals surface area contributed by atoms with Crippen LogP contribution in [0.2, 0.25) is 0 Å². The van der Waals surface area contributed by atoms with Gasteiger partial charge in [0.1, 0.15) is 5.76 Å². The Hall–Kier alpha value is -2.95. The highest BCUT2D eigenvalue weighted by molar-refractivity contribution is 6.06. The van der Waals surface area contributed by atoms with Gasteiger partial charge in [0, 0.05) is 10.5 Å². The Morgan fingerprint density at radius 1 is 1.04 bits per heavy atom. The first-order valence-electron chi connectivity index (χ1n) is 7.29. The van der Waals surface area contributed by atoms with Crippen molar-refractivity contribution in [1.29, 1.82) is 0 Å². The van der Waals surface area contributed by atoms with E-state index in [0.29, 0.717) is 11.3 Å². The van der Waals surface area contributed by atoms with Crippen molar-refractivity contribution >= 4 is 11.5 Å². The van der Waals surface area contributed by atoms with Gasteiger partial charge in [-0.2, -0.15) is 0 Å². The summed E-state index contributed by atoms with van der Waals surface area (Å²) in [6, 6.07) is 18.3. The molecule has 0 radical (unpaired) electrons. The Kier molecular flexibility index (Phi) is 4.19. The quantitative estimate of drug-likeness (QED) is 0.629. The number of carbonyl (C=O) groups is 1. The van der Waals surface area contributed by atoms with Crippen LogP contribution in [0.25, 0.3) is 5.76 Å². The number of ketones is 1. The van der Waals surface area contributed by atoms with Crippen LogP contribution in [0.3, 0.4) is 0 Å². The van der Waals surface area contributed by atoms with Gasteiger partial charge in [-0.3, -0.25) is 14.9 Å². The Bertz CT molecular complexity index is 753. The molecule has 0 spiro atoms. The number of hydrogen-bond acceptors (Lipinski definition) is 4. The number of rotatable bonds is 5. The van der Waals surface area contributed by atoms with E-state index in [2.05, 4.69) is 0 Å². The van der Waals surface area contributed by atoms with E-state index in [-0.39, 0.29) is 18.9 Å². The van der Waals surface area contributed by atoms with Crippen molar-refractivity contribution in [3.8, 4) is 0 Å².